The maximum absolute atomic E-state index is 4.02. The summed E-state index contributed by atoms with van der Waals surface area (Å²) in [5.41, 5.74) is 3.66. The molecule has 74 valence electrons. The fraction of sp³-hybridized carbons (Fsp3) is 0.0714. The summed E-state index contributed by atoms with van der Waals surface area (Å²) in [5.74, 6) is 0. The summed E-state index contributed by atoms with van der Waals surface area (Å²) in [6, 6.07) is 12.5. The van der Waals surface area contributed by atoms with Crippen LogP contribution in [-0.4, -0.2) is 4.98 Å². The predicted octanol–water partition coefficient (Wildman–Crippen LogP) is 3.78. The van der Waals surface area contributed by atoms with Crippen molar-refractivity contribution in [1.29, 1.82) is 0 Å². The van der Waals surface area contributed by atoms with Crippen LogP contribution in [0.5, 0.6) is 0 Å². The van der Waals surface area contributed by atoms with Gasteiger partial charge in [0.15, 0.2) is 0 Å². The minimum absolute atomic E-state index is 1.20. The first kappa shape index (κ1) is 9.66. The Bertz CT molecular complexity index is 458. The topological polar surface area (TPSA) is 12.9 Å². The zero-order chi connectivity index (χ0) is 10.5. The summed E-state index contributed by atoms with van der Waals surface area (Å²) >= 11 is 0. The van der Waals surface area contributed by atoms with Gasteiger partial charge in [0, 0.05) is 12.4 Å². The smallest absolute Gasteiger partial charge is 0.0273 e. The average Bonchev–Trinajstić information content (AvgIpc) is 2.31. The predicted molar refractivity (Wildman–Crippen MR) is 64.4 cm³/mol. The third kappa shape index (κ3) is 2.32. The van der Waals surface area contributed by atoms with Crippen molar-refractivity contribution in [1.82, 2.24) is 4.98 Å². The van der Waals surface area contributed by atoms with Crippen molar-refractivity contribution in [3.63, 3.8) is 0 Å². The number of hydrogen-bond acceptors (Lipinski definition) is 1. The van der Waals surface area contributed by atoms with Crippen LogP contribution >= 0.6 is 0 Å². The summed E-state index contributed by atoms with van der Waals surface area (Å²) in [5, 5.41) is 0. The molecule has 0 unspecified atom stereocenters. The molecule has 0 aliphatic heterocycles. The second-order valence-electron chi connectivity index (χ2n) is 3.36. The Morgan fingerprint density at radius 3 is 2.53 bits per heavy atom. The van der Waals surface area contributed by atoms with E-state index in [9.17, 15) is 0 Å². The fourth-order valence-electron chi connectivity index (χ4n) is 1.56. The molecule has 0 aliphatic rings. The first-order valence-electron chi connectivity index (χ1n) is 5.03. The molecular formula is C14H13N. The van der Waals surface area contributed by atoms with Crippen molar-refractivity contribution in [2.75, 3.05) is 0 Å². The van der Waals surface area contributed by atoms with Crippen LogP contribution in [0.2, 0.25) is 0 Å². The molecule has 0 bridgehead atoms. The van der Waals surface area contributed by atoms with Crippen molar-refractivity contribution < 1.29 is 0 Å². The fourth-order valence-corrected chi connectivity index (χ4v) is 1.56. The SMILES string of the molecule is C/C=C/c1cccc(-c2ccncc2)c1. The second-order valence-corrected chi connectivity index (χ2v) is 3.36. The van der Waals surface area contributed by atoms with E-state index < -0.39 is 0 Å². The van der Waals surface area contributed by atoms with Gasteiger partial charge in [-0.1, -0.05) is 30.4 Å². The van der Waals surface area contributed by atoms with Crippen LogP contribution in [0.3, 0.4) is 0 Å². The highest BCUT2D eigenvalue weighted by Gasteiger charge is 1.96. The van der Waals surface area contributed by atoms with Gasteiger partial charge in [0.1, 0.15) is 0 Å². The lowest BCUT2D eigenvalue weighted by Crippen LogP contribution is -1.79. The number of rotatable bonds is 2. The molecule has 2 aromatic rings. The van der Waals surface area contributed by atoms with Gasteiger partial charge in [0.05, 0.1) is 0 Å². The number of allylic oxidation sites excluding steroid dienone is 1. The molecule has 0 spiro atoms. The van der Waals surface area contributed by atoms with Gasteiger partial charge >= 0.3 is 0 Å². The summed E-state index contributed by atoms with van der Waals surface area (Å²) in [4.78, 5) is 4.02. The molecule has 1 nitrogen and oxygen atoms in total. The van der Waals surface area contributed by atoms with Crippen LogP contribution in [0.4, 0.5) is 0 Å². The minimum atomic E-state index is 1.20. The van der Waals surface area contributed by atoms with Gasteiger partial charge < -0.3 is 0 Å². The lowest BCUT2D eigenvalue weighted by Gasteiger charge is -2.01. The van der Waals surface area contributed by atoms with E-state index in [1.54, 1.807) is 0 Å². The standard InChI is InChI=1S/C14H13N/c1-2-4-12-5-3-6-14(11-12)13-7-9-15-10-8-13/h2-11H,1H3/b4-2+. The number of hydrogen-bond donors (Lipinski definition) is 0. The number of pyridine rings is 1. The Labute approximate surface area is 90.1 Å². The molecule has 2 rings (SSSR count). The molecule has 15 heavy (non-hydrogen) atoms. The highest BCUT2D eigenvalue weighted by Crippen LogP contribution is 2.19. The zero-order valence-electron chi connectivity index (χ0n) is 8.72. The van der Waals surface area contributed by atoms with Crippen LogP contribution in [0.1, 0.15) is 12.5 Å². The minimum Gasteiger partial charge on any atom is -0.265 e. The first-order valence-corrected chi connectivity index (χ1v) is 5.03. The van der Waals surface area contributed by atoms with Crippen molar-refractivity contribution in [3.8, 4) is 11.1 Å². The van der Waals surface area contributed by atoms with Gasteiger partial charge in [-0.2, -0.15) is 0 Å². The van der Waals surface area contributed by atoms with Crippen molar-refractivity contribution in [3.05, 3.63) is 60.4 Å². The molecule has 0 saturated heterocycles. The molecule has 1 aromatic heterocycles. The largest absolute Gasteiger partial charge is 0.265 e. The maximum atomic E-state index is 4.02. The third-order valence-electron chi connectivity index (χ3n) is 2.26. The van der Waals surface area contributed by atoms with Crippen LogP contribution in [0.15, 0.2) is 54.9 Å². The molecule has 0 saturated carbocycles. The number of benzene rings is 1. The van der Waals surface area contributed by atoms with Crippen molar-refractivity contribution >= 4 is 6.08 Å². The lowest BCUT2D eigenvalue weighted by molar-refractivity contribution is 1.33. The Kier molecular flexibility index (Phi) is 2.93. The molecule has 0 amide bonds. The Balaban J connectivity index is 2.41. The van der Waals surface area contributed by atoms with E-state index >= 15 is 0 Å². The Morgan fingerprint density at radius 2 is 1.80 bits per heavy atom. The maximum Gasteiger partial charge on any atom is 0.0273 e. The number of nitrogens with zero attached hydrogens (tertiary/aromatic N) is 1. The average molecular weight is 195 g/mol. The van der Waals surface area contributed by atoms with E-state index in [1.165, 1.54) is 16.7 Å². The van der Waals surface area contributed by atoms with Crippen molar-refractivity contribution in [2.45, 2.75) is 6.92 Å². The van der Waals surface area contributed by atoms with E-state index in [2.05, 4.69) is 35.3 Å². The molecule has 0 N–H and O–H groups in total. The lowest BCUT2D eigenvalue weighted by atomic mass is 10.0. The van der Waals surface area contributed by atoms with E-state index in [0.717, 1.165) is 0 Å². The van der Waals surface area contributed by atoms with Gasteiger partial charge in [-0.15, -0.1) is 0 Å². The van der Waals surface area contributed by atoms with Gasteiger partial charge in [-0.3, -0.25) is 4.98 Å². The normalized spacial score (nSPS) is 10.7. The summed E-state index contributed by atoms with van der Waals surface area (Å²) in [6.45, 7) is 2.03. The molecule has 0 atom stereocenters. The van der Waals surface area contributed by atoms with Crippen LogP contribution in [-0.2, 0) is 0 Å². The molecule has 0 aliphatic carbocycles. The van der Waals surface area contributed by atoms with E-state index in [0.29, 0.717) is 0 Å². The van der Waals surface area contributed by atoms with Crippen LogP contribution < -0.4 is 0 Å². The highest BCUT2D eigenvalue weighted by atomic mass is 14.6. The molecule has 0 fully saturated rings. The summed E-state index contributed by atoms with van der Waals surface area (Å²) in [6.07, 6.45) is 7.78. The number of aromatic nitrogens is 1. The van der Waals surface area contributed by atoms with Gasteiger partial charge in [0.2, 0.25) is 0 Å². The van der Waals surface area contributed by atoms with E-state index in [4.69, 9.17) is 0 Å². The van der Waals surface area contributed by atoms with Gasteiger partial charge in [-0.25, -0.2) is 0 Å². The van der Waals surface area contributed by atoms with Crippen LogP contribution in [0, 0.1) is 0 Å². The molecule has 1 heterocycles. The monoisotopic (exact) mass is 195 g/mol. The molecule has 1 aromatic carbocycles. The van der Waals surface area contributed by atoms with Crippen molar-refractivity contribution in [2.24, 2.45) is 0 Å². The van der Waals surface area contributed by atoms with Gasteiger partial charge in [0.25, 0.3) is 0 Å². The van der Waals surface area contributed by atoms with E-state index in [1.807, 2.05) is 37.5 Å². The van der Waals surface area contributed by atoms with E-state index in [-0.39, 0.29) is 0 Å². The first-order chi connectivity index (χ1) is 7.40. The molecule has 0 radical (unpaired) electrons. The third-order valence-corrected chi connectivity index (χ3v) is 2.26. The summed E-state index contributed by atoms with van der Waals surface area (Å²) in [7, 11) is 0. The molecular weight excluding hydrogens is 182 g/mol. The quantitative estimate of drug-likeness (QED) is 0.710. The zero-order valence-corrected chi connectivity index (χ0v) is 8.72. The highest BCUT2D eigenvalue weighted by molar-refractivity contribution is 5.66. The Hall–Kier alpha value is -1.89. The van der Waals surface area contributed by atoms with Crippen LogP contribution in [0.25, 0.3) is 17.2 Å². The second kappa shape index (κ2) is 4.56. The summed E-state index contributed by atoms with van der Waals surface area (Å²) < 4.78 is 0. The molecule has 1 heteroatoms. The Morgan fingerprint density at radius 1 is 1.00 bits per heavy atom. The van der Waals surface area contributed by atoms with Gasteiger partial charge in [-0.05, 0) is 41.8 Å².